The van der Waals surface area contributed by atoms with Gasteiger partial charge in [-0.2, -0.15) is 0 Å². The van der Waals surface area contributed by atoms with E-state index in [0.29, 0.717) is 5.02 Å². The molecule has 0 fully saturated rings. The second-order valence-corrected chi connectivity index (χ2v) is 5.24. The molecular formula is C17H19ClO. The van der Waals surface area contributed by atoms with Crippen molar-refractivity contribution >= 4 is 11.6 Å². The van der Waals surface area contributed by atoms with Crippen LogP contribution in [0.5, 0.6) is 0 Å². The molecule has 0 aliphatic heterocycles. The van der Waals surface area contributed by atoms with E-state index < -0.39 is 6.10 Å². The molecule has 0 amide bonds. The third-order valence-corrected chi connectivity index (χ3v) is 3.55. The molecule has 0 radical (unpaired) electrons. The van der Waals surface area contributed by atoms with Crippen molar-refractivity contribution in [3.05, 3.63) is 70.2 Å². The van der Waals surface area contributed by atoms with Crippen molar-refractivity contribution in [2.75, 3.05) is 0 Å². The van der Waals surface area contributed by atoms with E-state index in [1.54, 1.807) is 12.1 Å². The summed E-state index contributed by atoms with van der Waals surface area (Å²) in [7, 11) is 0. The molecule has 0 spiro atoms. The summed E-state index contributed by atoms with van der Waals surface area (Å²) >= 11 is 5.85. The molecule has 1 unspecified atom stereocenters. The first-order valence-corrected chi connectivity index (χ1v) is 7.11. The molecule has 1 N–H and O–H groups in total. The molecule has 100 valence electrons. The van der Waals surface area contributed by atoms with Crippen molar-refractivity contribution in [1.82, 2.24) is 0 Å². The highest BCUT2D eigenvalue weighted by molar-refractivity contribution is 6.30. The highest BCUT2D eigenvalue weighted by Crippen LogP contribution is 2.23. The number of hydrogen-bond acceptors (Lipinski definition) is 1. The van der Waals surface area contributed by atoms with Gasteiger partial charge in [0.15, 0.2) is 0 Å². The summed E-state index contributed by atoms with van der Waals surface area (Å²) in [4.78, 5) is 0. The maximum Gasteiger partial charge on any atom is 0.104 e. The minimum atomic E-state index is -0.586. The van der Waals surface area contributed by atoms with Crippen LogP contribution in [0.3, 0.4) is 0 Å². The number of rotatable bonds is 5. The van der Waals surface area contributed by atoms with Crippen LogP contribution in [0.4, 0.5) is 0 Å². The molecule has 0 saturated heterocycles. The van der Waals surface area contributed by atoms with Gasteiger partial charge in [-0.05, 0) is 41.7 Å². The van der Waals surface area contributed by atoms with Crippen LogP contribution in [0.2, 0.25) is 5.02 Å². The first kappa shape index (κ1) is 14.1. The number of benzene rings is 2. The van der Waals surface area contributed by atoms with E-state index in [9.17, 15) is 5.11 Å². The van der Waals surface area contributed by atoms with Crippen molar-refractivity contribution in [3.8, 4) is 0 Å². The fourth-order valence-electron chi connectivity index (χ4n) is 2.09. The Bertz CT molecular complexity index is 502. The molecule has 0 aromatic heterocycles. The maximum atomic E-state index is 10.3. The highest BCUT2D eigenvalue weighted by Gasteiger charge is 2.09. The molecule has 2 aromatic rings. The van der Waals surface area contributed by atoms with E-state index in [0.717, 1.165) is 17.5 Å². The van der Waals surface area contributed by atoms with Gasteiger partial charge in [-0.25, -0.2) is 0 Å². The first-order valence-electron chi connectivity index (χ1n) is 6.73. The second-order valence-electron chi connectivity index (χ2n) is 4.80. The number of halogens is 1. The monoisotopic (exact) mass is 274 g/mol. The standard InChI is InChI=1S/C17H19ClO/c1-2-3-4-13-5-7-14(8-6-13)17(19)15-9-11-16(18)12-10-15/h5-12,17,19H,2-4H2,1H3. The lowest BCUT2D eigenvalue weighted by molar-refractivity contribution is 0.220. The second kappa shape index (κ2) is 6.74. The summed E-state index contributed by atoms with van der Waals surface area (Å²) in [5.41, 5.74) is 3.11. The average molecular weight is 275 g/mol. The lowest BCUT2D eigenvalue weighted by Gasteiger charge is -2.12. The first-order chi connectivity index (χ1) is 9.20. The predicted molar refractivity (Wildman–Crippen MR) is 80.6 cm³/mol. The minimum absolute atomic E-state index is 0.586. The Hall–Kier alpha value is -1.31. The molecule has 0 heterocycles. The summed E-state index contributed by atoms with van der Waals surface area (Å²) in [6.07, 6.45) is 2.93. The molecule has 0 saturated carbocycles. The Labute approximate surface area is 119 Å². The van der Waals surface area contributed by atoms with Crippen molar-refractivity contribution in [1.29, 1.82) is 0 Å². The molecule has 0 aliphatic carbocycles. The molecular weight excluding hydrogens is 256 g/mol. The zero-order valence-electron chi connectivity index (χ0n) is 11.1. The lowest BCUT2D eigenvalue weighted by Crippen LogP contribution is -1.99. The van der Waals surface area contributed by atoms with Gasteiger partial charge >= 0.3 is 0 Å². The molecule has 2 rings (SSSR count). The average Bonchev–Trinajstić information content (AvgIpc) is 2.46. The lowest BCUT2D eigenvalue weighted by atomic mass is 9.99. The van der Waals surface area contributed by atoms with Crippen LogP contribution in [-0.4, -0.2) is 5.11 Å². The Balaban J connectivity index is 2.10. The number of aryl methyl sites for hydroxylation is 1. The fourth-order valence-corrected chi connectivity index (χ4v) is 2.21. The highest BCUT2D eigenvalue weighted by atomic mass is 35.5. The number of aliphatic hydroxyl groups is 1. The third-order valence-electron chi connectivity index (χ3n) is 3.30. The minimum Gasteiger partial charge on any atom is -0.384 e. The fraction of sp³-hybridized carbons (Fsp3) is 0.294. The Kier molecular flexibility index (Phi) is 5.00. The molecule has 0 bridgehead atoms. The van der Waals surface area contributed by atoms with E-state index in [1.165, 1.54) is 18.4 Å². The van der Waals surface area contributed by atoms with Gasteiger partial charge in [-0.1, -0.05) is 61.3 Å². The molecule has 0 aliphatic rings. The quantitative estimate of drug-likeness (QED) is 0.833. The van der Waals surface area contributed by atoms with Crippen molar-refractivity contribution in [2.24, 2.45) is 0 Å². The van der Waals surface area contributed by atoms with Crippen LogP contribution in [-0.2, 0) is 6.42 Å². The van der Waals surface area contributed by atoms with Gasteiger partial charge in [-0.3, -0.25) is 0 Å². The Morgan fingerprint density at radius 3 is 2.00 bits per heavy atom. The van der Waals surface area contributed by atoms with Crippen LogP contribution in [0, 0.1) is 0 Å². The van der Waals surface area contributed by atoms with Crippen LogP contribution < -0.4 is 0 Å². The number of aliphatic hydroxyl groups excluding tert-OH is 1. The predicted octanol–water partition coefficient (Wildman–Crippen LogP) is 4.76. The van der Waals surface area contributed by atoms with Gasteiger partial charge in [0, 0.05) is 5.02 Å². The molecule has 2 aromatic carbocycles. The summed E-state index contributed by atoms with van der Waals surface area (Å²) in [6.45, 7) is 2.19. The molecule has 2 heteroatoms. The van der Waals surface area contributed by atoms with Gasteiger partial charge < -0.3 is 5.11 Å². The van der Waals surface area contributed by atoms with E-state index in [1.807, 2.05) is 24.3 Å². The molecule has 1 atom stereocenters. The van der Waals surface area contributed by atoms with Gasteiger partial charge in [0.2, 0.25) is 0 Å². The van der Waals surface area contributed by atoms with Crippen molar-refractivity contribution in [2.45, 2.75) is 32.3 Å². The van der Waals surface area contributed by atoms with E-state index in [2.05, 4.69) is 19.1 Å². The van der Waals surface area contributed by atoms with Crippen LogP contribution >= 0.6 is 11.6 Å². The van der Waals surface area contributed by atoms with E-state index >= 15 is 0 Å². The molecule has 19 heavy (non-hydrogen) atoms. The van der Waals surface area contributed by atoms with Gasteiger partial charge in [0.25, 0.3) is 0 Å². The van der Waals surface area contributed by atoms with Crippen molar-refractivity contribution in [3.63, 3.8) is 0 Å². The summed E-state index contributed by atoms with van der Waals surface area (Å²) in [5.74, 6) is 0. The zero-order chi connectivity index (χ0) is 13.7. The topological polar surface area (TPSA) is 20.2 Å². The van der Waals surface area contributed by atoms with Crippen LogP contribution in [0.25, 0.3) is 0 Å². The largest absolute Gasteiger partial charge is 0.384 e. The third kappa shape index (κ3) is 3.82. The Morgan fingerprint density at radius 2 is 1.47 bits per heavy atom. The van der Waals surface area contributed by atoms with Crippen LogP contribution in [0.1, 0.15) is 42.6 Å². The smallest absolute Gasteiger partial charge is 0.104 e. The van der Waals surface area contributed by atoms with Gasteiger partial charge in [-0.15, -0.1) is 0 Å². The van der Waals surface area contributed by atoms with Crippen molar-refractivity contribution < 1.29 is 5.11 Å². The summed E-state index contributed by atoms with van der Waals surface area (Å²) in [6, 6.07) is 15.5. The van der Waals surface area contributed by atoms with Gasteiger partial charge in [0.1, 0.15) is 6.10 Å². The Morgan fingerprint density at radius 1 is 0.947 bits per heavy atom. The van der Waals surface area contributed by atoms with E-state index in [-0.39, 0.29) is 0 Å². The zero-order valence-corrected chi connectivity index (χ0v) is 11.9. The number of hydrogen-bond donors (Lipinski definition) is 1. The normalized spacial score (nSPS) is 12.4. The molecule has 1 nitrogen and oxygen atoms in total. The maximum absolute atomic E-state index is 10.3. The summed E-state index contributed by atoms with van der Waals surface area (Å²) < 4.78 is 0. The van der Waals surface area contributed by atoms with Gasteiger partial charge in [0.05, 0.1) is 0 Å². The van der Waals surface area contributed by atoms with E-state index in [4.69, 9.17) is 11.6 Å². The number of unbranched alkanes of at least 4 members (excludes halogenated alkanes) is 1. The van der Waals surface area contributed by atoms with Crippen LogP contribution in [0.15, 0.2) is 48.5 Å². The SMILES string of the molecule is CCCCc1ccc(C(O)c2ccc(Cl)cc2)cc1. The summed E-state index contributed by atoms with van der Waals surface area (Å²) in [5, 5.41) is 11.0.